The molecule has 16 heavy (non-hydrogen) atoms. The van der Waals surface area contributed by atoms with Crippen LogP contribution in [0.2, 0.25) is 0 Å². The fourth-order valence-electron chi connectivity index (χ4n) is 2.15. The van der Waals surface area contributed by atoms with Crippen LogP contribution in [0.4, 0.5) is 0 Å². The van der Waals surface area contributed by atoms with E-state index in [1.165, 1.54) is 18.5 Å². The van der Waals surface area contributed by atoms with E-state index in [9.17, 15) is 0 Å². The van der Waals surface area contributed by atoms with Gasteiger partial charge in [0.25, 0.3) is 0 Å². The fourth-order valence-corrected chi connectivity index (χ4v) is 2.15. The summed E-state index contributed by atoms with van der Waals surface area (Å²) in [6.45, 7) is 3.29. The Balaban J connectivity index is 1.84. The fraction of sp³-hybridized carbons (Fsp3) is 0.538. The Morgan fingerprint density at radius 1 is 1.50 bits per heavy atom. The number of ether oxygens (including phenoxy) is 1. The molecule has 0 spiro atoms. The van der Waals surface area contributed by atoms with Gasteiger partial charge in [-0.25, -0.2) is 0 Å². The van der Waals surface area contributed by atoms with Crippen molar-refractivity contribution < 1.29 is 4.74 Å². The zero-order valence-corrected chi connectivity index (χ0v) is 10.1. The molecule has 1 aliphatic rings. The van der Waals surface area contributed by atoms with Crippen LogP contribution in [0.3, 0.4) is 0 Å². The maximum absolute atomic E-state index is 5.21. The van der Waals surface area contributed by atoms with Crippen LogP contribution in [0.5, 0.6) is 5.75 Å². The molecule has 0 saturated carbocycles. The molecule has 88 valence electrons. The normalized spacial score (nSPS) is 21.2. The first-order valence-corrected chi connectivity index (χ1v) is 5.83. The topological polar surface area (TPSA) is 24.5 Å². The molecule has 1 heterocycles. The first-order chi connectivity index (χ1) is 7.78. The largest absolute Gasteiger partial charge is 0.497 e. The van der Waals surface area contributed by atoms with E-state index in [1.807, 2.05) is 12.1 Å². The molecule has 0 radical (unpaired) electrons. The summed E-state index contributed by atoms with van der Waals surface area (Å²) in [5.41, 5.74) is 1.29. The second-order valence-electron chi connectivity index (χ2n) is 4.48. The number of nitrogens with one attached hydrogen (secondary N) is 1. The minimum atomic E-state index is 0.635. The van der Waals surface area contributed by atoms with E-state index >= 15 is 0 Å². The summed E-state index contributed by atoms with van der Waals surface area (Å²) in [4.78, 5) is 2.36. The van der Waals surface area contributed by atoms with Gasteiger partial charge in [0.2, 0.25) is 0 Å². The lowest BCUT2D eigenvalue weighted by Gasteiger charge is -2.13. The summed E-state index contributed by atoms with van der Waals surface area (Å²) in [6, 6.07) is 8.87. The second-order valence-corrected chi connectivity index (χ2v) is 4.48. The van der Waals surface area contributed by atoms with Gasteiger partial charge in [0, 0.05) is 19.1 Å². The predicted molar refractivity (Wildman–Crippen MR) is 65.7 cm³/mol. The van der Waals surface area contributed by atoms with Crippen molar-refractivity contribution in [3.05, 3.63) is 29.8 Å². The summed E-state index contributed by atoms with van der Waals surface area (Å²) >= 11 is 0. The third-order valence-electron chi connectivity index (χ3n) is 3.12. The summed E-state index contributed by atoms with van der Waals surface area (Å²) in [5.74, 6) is 0.933. The van der Waals surface area contributed by atoms with Gasteiger partial charge in [0.05, 0.1) is 7.11 Å². The van der Waals surface area contributed by atoms with Gasteiger partial charge in [-0.15, -0.1) is 0 Å². The molecule has 1 aromatic carbocycles. The van der Waals surface area contributed by atoms with Gasteiger partial charge in [-0.05, 0) is 37.7 Å². The third kappa shape index (κ3) is 2.97. The second kappa shape index (κ2) is 5.32. The van der Waals surface area contributed by atoms with E-state index in [4.69, 9.17) is 4.74 Å². The Morgan fingerprint density at radius 2 is 2.38 bits per heavy atom. The quantitative estimate of drug-likeness (QED) is 0.832. The minimum absolute atomic E-state index is 0.635. The molecule has 3 heteroatoms. The maximum Gasteiger partial charge on any atom is 0.119 e. The van der Waals surface area contributed by atoms with Gasteiger partial charge >= 0.3 is 0 Å². The van der Waals surface area contributed by atoms with Gasteiger partial charge in [-0.1, -0.05) is 12.1 Å². The molecule has 0 aromatic heterocycles. The lowest BCUT2D eigenvalue weighted by molar-refractivity contribution is 0.397. The van der Waals surface area contributed by atoms with Crippen LogP contribution < -0.4 is 10.1 Å². The molecule has 0 bridgehead atoms. The molecule has 1 saturated heterocycles. The Morgan fingerprint density at radius 3 is 3.06 bits per heavy atom. The Kier molecular flexibility index (Phi) is 3.80. The van der Waals surface area contributed by atoms with Gasteiger partial charge in [-0.2, -0.15) is 0 Å². The van der Waals surface area contributed by atoms with Crippen LogP contribution in [0.15, 0.2) is 24.3 Å². The first-order valence-electron chi connectivity index (χ1n) is 5.83. The summed E-state index contributed by atoms with van der Waals surface area (Å²) in [6.07, 6.45) is 1.25. The van der Waals surface area contributed by atoms with Gasteiger partial charge in [0.15, 0.2) is 0 Å². The van der Waals surface area contributed by atoms with Crippen molar-refractivity contribution in [1.82, 2.24) is 10.2 Å². The zero-order chi connectivity index (χ0) is 11.4. The molecular weight excluding hydrogens is 200 g/mol. The van der Waals surface area contributed by atoms with Crippen LogP contribution in [0, 0.1) is 0 Å². The maximum atomic E-state index is 5.21. The smallest absolute Gasteiger partial charge is 0.119 e. The Labute approximate surface area is 97.4 Å². The highest BCUT2D eigenvalue weighted by molar-refractivity contribution is 5.28. The van der Waals surface area contributed by atoms with E-state index in [2.05, 4.69) is 29.4 Å². The van der Waals surface area contributed by atoms with Gasteiger partial charge in [0.1, 0.15) is 5.75 Å². The van der Waals surface area contributed by atoms with Crippen LogP contribution in [0.25, 0.3) is 0 Å². The molecule has 1 aliphatic heterocycles. The molecule has 3 nitrogen and oxygen atoms in total. The van der Waals surface area contributed by atoms with Crippen molar-refractivity contribution in [2.75, 3.05) is 27.2 Å². The lowest BCUT2D eigenvalue weighted by atomic mass is 10.2. The average Bonchev–Trinajstić information content (AvgIpc) is 2.73. The Bertz CT molecular complexity index is 340. The molecule has 1 aromatic rings. The molecule has 2 rings (SSSR count). The number of rotatable bonds is 4. The summed E-state index contributed by atoms with van der Waals surface area (Å²) in [5, 5.41) is 3.58. The number of methoxy groups -OCH3 is 1. The number of hydrogen-bond acceptors (Lipinski definition) is 3. The minimum Gasteiger partial charge on any atom is -0.497 e. The third-order valence-corrected chi connectivity index (χ3v) is 3.12. The van der Waals surface area contributed by atoms with E-state index in [0.717, 1.165) is 18.8 Å². The van der Waals surface area contributed by atoms with Crippen molar-refractivity contribution in [2.45, 2.75) is 19.0 Å². The van der Waals surface area contributed by atoms with E-state index < -0.39 is 0 Å². The Hall–Kier alpha value is -1.06. The lowest BCUT2D eigenvalue weighted by Crippen LogP contribution is -2.30. The molecule has 1 fully saturated rings. The van der Waals surface area contributed by atoms with Crippen molar-refractivity contribution in [1.29, 1.82) is 0 Å². The van der Waals surface area contributed by atoms with Crippen LogP contribution >= 0.6 is 0 Å². The van der Waals surface area contributed by atoms with Crippen molar-refractivity contribution in [3.63, 3.8) is 0 Å². The highest BCUT2D eigenvalue weighted by atomic mass is 16.5. The number of likely N-dealkylation sites (N-methyl/N-ethyl adjacent to an activating group) is 1. The van der Waals surface area contributed by atoms with Crippen molar-refractivity contribution in [2.24, 2.45) is 0 Å². The summed E-state index contributed by atoms with van der Waals surface area (Å²) in [7, 11) is 3.88. The molecule has 1 unspecified atom stereocenters. The van der Waals surface area contributed by atoms with Gasteiger partial charge in [-0.3, -0.25) is 0 Å². The van der Waals surface area contributed by atoms with Gasteiger partial charge < -0.3 is 15.0 Å². The number of hydrogen-bond donors (Lipinski definition) is 1. The van der Waals surface area contributed by atoms with Crippen LogP contribution in [-0.4, -0.2) is 38.2 Å². The first kappa shape index (κ1) is 11.4. The van der Waals surface area contributed by atoms with Crippen LogP contribution in [-0.2, 0) is 6.54 Å². The summed E-state index contributed by atoms with van der Waals surface area (Å²) < 4.78 is 5.21. The number of benzene rings is 1. The predicted octanol–water partition coefficient (Wildman–Crippen LogP) is 1.49. The van der Waals surface area contributed by atoms with Crippen molar-refractivity contribution in [3.8, 4) is 5.75 Å². The standard InChI is InChI=1S/C13H20N2O/c1-15-7-6-12(10-15)14-9-11-4-3-5-13(8-11)16-2/h3-5,8,12,14H,6-7,9-10H2,1-2H3. The monoisotopic (exact) mass is 220 g/mol. The highest BCUT2D eigenvalue weighted by Crippen LogP contribution is 2.13. The van der Waals surface area contributed by atoms with E-state index in [-0.39, 0.29) is 0 Å². The average molecular weight is 220 g/mol. The van der Waals surface area contributed by atoms with E-state index in [0.29, 0.717) is 6.04 Å². The zero-order valence-electron chi connectivity index (χ0n) is 10.1. The SMILES string of the molecule is COc1cccc(CNC2CCN(C)C2)c1. The molecule has 0 amide bonds. The van der Waals surface area contributed by atoms with E-state index in [1.54, 1.807) is 7.11 Å². The van der Waals surface area contributed by atoms with Crippen molar-refractivity contribution >= 4 is 0 Å². The molecule has 1 N–H and O–H groups in total. The molecule has 1 atom stereocenters. The number of likely N-dealkylation sites (tertiary alicyclic amines) is 1. The molecular formula is C13H20N2O. The van der Waals surface area contributed by atoms with Crippen LogP contribution in [0.1, 0.15) is 12.0 Å². The molecule has 0 aliphatic carbocycles. The highest BCUT2D eigenvalue weighted by Gasteiger charge is 2.18. The number of nitrogens with zero attached hydrogens (tertiary/aromatic N) is 1.